The van der Waals surface area contributed by atoms with E-state index in [1.165, 1.54) is 7.11 Å². The first kappa shape index (κ1) is 19.2. The van der Waals surface area contributed by atoms with Crippen molar-refractivity contribution in [2.75, 3.05) is 7.11 Å². The van der Waals surface area contributed by atoms with Gasteiger partial charge in [0.25, 0.3) is 0 Å². The lowest BCUT2D eigenvalue weighted by atomic mass is 9.96. The van der Waals surface area contributed by atoms with Crippen LogP contribution in [0.1, 0.15) is 41.0 Å². The number of hydrogen-bond donors (Lipinski definition) is 0. The standard InChI is InChI=1S/C20H18F4O3/c1-26-19(25)9-13-3-2-4-15(12-5-6-12)16(13)11-27-18-8-7-14(21)10-17(18)20(22,23)24/h2-4,7-8,10,12H,5-6,9,11H2,1H3. The van der Waals surface area contributed by atoms with Crippen molar-refractivity contribution in [1.29, 1.82) is 0 Å². The molecule has 0 saturated heterocycles. The number of ether oxygens (including phenoxy) is 2. The van der Waals surface area contributed by atoms with Crippen LogP contribution in [-0.2, 0) is 28.7 Å². The Balaban J connectivity index is 1.91. The Hall–Kier alpha value is -2.57. The third-order valence-corrected chi connectivity index (χ3v) is 4.51. The molecule has 0 aromatic heterocycles. The van der Waals surface area contributed by atoms with Crippen LogP contribution in [-0.4, -0.2) is 13.1 Å². The first-order valence-corrected chi connectivity index (χ1v) is 8.46. The van der Waals surface area contributed by atoms with Gasteiger partial charge in [-0.1, -0.05) is 18.2 Å². The molecule has 7 heteroatoms. The predicted molar refractivity (Wildman–Crippen MR) is 89.9 cm³/mol. The molecule has 0 heterocycles. The highest BCUT2D eigenvalue weighted by molar-refractivity contribution is 5.73. The average molecular weight is 382 g/mol. The third-order valence-electron chi connectivity index (χ3n) is 4.51. The molecule has 1 saturated carbocycles. The molecule has 1 aliphatic carbocycles. The maximum atomic E-state index is 13.3. The zero-order valence-corrected chi connectivity index (χ0v) is 14.6. The number of alkyl halides is 3. The van der Waals surface area contributed by atoms with Crippen LogP contribution < -0.4 is 4.74 Å². The highest BCUT2D eigenvalue weighted by Gasteiger charge is 2.35. The molecule has 0 bridgehead atoms. The van der Waals surface area contributed by atoms with Crippen LogP contribution in [0.25, 0.3) is 0 Å². The van der Waals surface area contributed by atoms with Crippen LogP contribution in [0.3, 0.4) is 0 Å². The van der Waals surface area contributed by atoms with Gasteiger partial charge in [0.05, 0.1) is 13.5 Å². The van der Waals surface area contributed by atoms with Crippen molar-refractivity contribution in [2.45, 2.75) is 38.0 Å². The van der Waals surface area contributed by atoms with Crippen molar-refractivity contribution in [3.05, 3.63) is 64.5 Å². The van der Waals surface area contributed by atoms with Gasteiger partial charge in [0, 0.05) is 0 Å². The van der Waals surface area contributed by atoms with Gasteiger partial charge < -0.3 is 9.47 Å². The van der Waals surface area contributed by atoms with Gasteiger partial charge in [0.15, 0.2) is 0 Å². The molecule has 1 fully saturated rings. The van der Waals surface area contributed by atoms with Crippen LogP contribution in [0, 0.1) is 5.82 Å². The Morgan fingerprint density at radius 1 is 1.19 bits per heavy atom. The Morgan fingerprint density at radius 2 is 1.93 bits per heavy atom. The predicted octanol–water partition coefficient (Wildman–Crippen LogP) is 5.02. The summed E-state index contributed by atoms with van der Waals surface area (Å²) < 4.78 is 62.9. The molecule has 0 aliphatic heterocycles. The molecule has 0 unspecified atom stereocenters. The maximum absolute atomic E-state index is 13.3. The summed E-state index contributed by atoms with van der Waals surface area (Å²) in [7, 11) is 1.28. The van der Waals surface area contributed by atoms with E-state index in [1.54, 1.807) is 6.07 Å². The average Bonchev–Trinajstić information content (AvgIpc) is 3.45. The quantitative estimate of drug-likeness (QED) is 0.520. The molecule has 0 N–H and O–H groups in total. The molecule has 0 amide bonds. The number of rotatable bonds is 6. The molecule has 2 aromatic rings. The van der Waals surface area contributed by atoms with E-state index < -0.39 is 29.3 Å². The molecule has 144 valence electrons. The van der Waals surface area contributed by atoms with Crippen LogP contribution >= 0.6 is 0 Å². The molecule has 27 heavy (non-hydrogen) atoms. The minimum atomic E-state index is -4.73. The van der Waals surface area contributed by atoms with Crippen molar-refractivity contribution < 1.29 is 31.8 Å². The fraction of sp³-hybridized carbons (Fsp3) is 0.350. The first-order valence-electron chi connectivity index (χ1n) is 8.46. The Morgan fingerprint density at radius 3 is 2.56 bits per heavy atom. The SMILES string of the molecule is COC(=O)Cc1cccc(C2CC2)c1COc1ccc(F)cc1C(F)(F)F. The molecular weight excluding hydrogens is 364 g/mol. The zero-order chi connectivity index (χ0) is 19.6. The summed E-state index contributed by atoms with van der Waals surface area (Å²) in [6.45, 7) is -0.145. The molecule has 0 radical (unpaired) electrons. The van der Waals surface area contributed by atoms with Gasteiger partial charge in [0.2, 0.25) is 0 Å². The topological polar surface area (TPSA) is 35.5 Å². The van der Waals surface area contributed by atoms with Crippen molar-refractivity contribution in [2.24, 2.45) is 0 Å². The Labute approximate surface area is 153 Å². The lowest BCUT2D eigenvalue weighted by molar-refractivity contribution is -0.140. The summed E-state index contributed by atoms with van der Waals surface area (Å²) in [6.07, 6.45) is -2.76. The van der Waals surface area contributed by atoms with Gasteiger partial charge >= 0.3 is 12.1 Å². The monoisotopic (exact) mass is 382 g/mol. The van der Waals surface area contributed by atoms with Crippen LogP contribution in [0.15, 0.2) is 36.4 Å². The molecule has 1 aliphatic rings. The molecule has 0 spiro atoms. The van der Waals surface area contributed by atoms with Crippen LogP contribution in [0.5, 0.6) is 5.75 Å². The largest absolute Gasteiger partial charge is 0.488 e. The zero-order valence-electron chi connectivity index (χ0n) is 14.6. The summed E-state index contributed by atoms with van der Waals surface area (Å²) >= 11 is 0. The first-order chi connectivity index (χ1) is 12.8. The summed E-state index contributed by atoms with van der Waals surface area (Å²) in [6, 6.07) is 7.75. The van der Waals surface area contributed by atoms with E-state index in [4.69, 9.17) is 9.47 Å². The van der Waals surface area contributed by atoms with E-state index in [1.807, 2.05) is 12.1 Å². The van der Waals surface area contributed by atoms with Crippen LogP contribution in [0.2, 0.25) is 0 Å². The van der Waals surface area contributed by atoms with Gasteiger partial charge in [-0.15, -0.1) is 0 Å². The Bertz CT molecular complexity index is 842. The Kier molecular flexibility index (Phi) is 5.39. The number of esters is 1. The van der Waals surface area contributed by atoms with Gasteiger partial charge in [-0.2, -0.15) is 13.2 Å². The van der Waals surface area contributed by atoms with Gasteiger partial charge in [-0.25, -0.2) is 4.39 Å². The maximum Gasteiger partial charge on any atom is 0.420 e. The highest BCUT2D eigenvalue weighted by atomic mass is 19.4. The number of halogens is 4. The van der Waals surface area contributed by atoms with Crippen molar-refractivity contribution in [3.8, 4) is 5.75 Å². The molecular formula is C20H18F4O3. The normalized spacial score (nSPS) is 14.1. The highest BCUT2D eigenvalue weighted by Crippen LogP contribution is 2.43. The van der Waals surface area contributed by atoms with E-state index in [0.717, 1.165) is 30.5 Å². The van der Waals surface area contributed by atoms with E-state index in [9.17, 15) is 22.4 Å². The summed E-state index contributed by atoms with van der Waals surface area (Å²) in [5.74, 6) is -1.56. The minimum absolute atomic E-state index is 0.00526. The van der Waals surface area contributed by atoms with Crippen LogP contribution in [0.4, 0.5) is 17.6 Å². The van der Waals surface area contributed by atoms with E-state index in [0.29, 0.717) is 23.1 Å². The van der Waals surface area contributed by atoms with E-state index >= 15 is 0 Å². The van der Waals surface area contributed by atoms with E-state index in [2.05, 4.69) is 0 Å². The number of carbonyl (C=O) groups excluding carboxylic acids is 1. The fourth-order valence-corrected chi connectivity index (χ4v) is 3.00. The fourth-order valence-electron chi connectivity index (χ4n) is 3.00. The molecule has 3 nitrogen and oxygen atoms in total. The van der Waals surface area contributed by atoms with Gasteiger partial charge in [-0.05, 0) is 53.6 Å². The molecule has 3 rings (SSSR count). The number of methoxy groups -OCH3 is 1. The lowest BCUT2D eigenvalue weighted by Gasteiger charge is -2.18. The number of benzene rings is 2. The van der Waals surface area contributed by atoms with Crippen molar-refractivity contribution >= 4 is 5.97 Å². The second-order valence-corrected chi connectivity index (χ2v) is 6.44. The minimum Gasteiger partial charge on any atom is -0.488 e. The number of carbonyl (C=O) groups is 1. The summed E-state index contributed by atoms with van der Waals surface area (Å²) in [5, 5.41) is 0. The second kappa shape index (κ2) is 7.58. The van der Waals surface area contributed by atoms with Gasteiger partial charge in [0.1, 0.15) is 23.7 Å². The lowest BCUT2D eigenvalue weighted by Crippen LogP contribution is -2.12. The third kappa shape index (κ3) is 4.59. The molecule has 0 atom stereocenters. The van der Waals surface area contributed by atoms with E-state index in [-0.39, 0.29) is 13.0 Å². The van der Waals surface area contributed by atoms with Crippen molar-refractivity contribution in [3.63, 3.8) is 0 Å². The summed E-state index contributed by atoms with van der Waals surface area (Å²) in [4.78, 5) is 11.7. The van der Waals surface area contributed by atoms with Gasteiger partial charge in [-0.3, -0.25) is 4.79 Å². The smallest absolute Gasteiger partial charge is 0.420 e. The van der Waals surface area contributed by atoms with Crippen molar-refractivity contribution in [1.82, 2.24) is 0 Å². The second-order valence-electron chi connectivity index (χ2n) is 6.44. The number of hydrogen-bond acceptors (Lipinski definition) is 3. The summed E-state index contributed by atoms with van der Waals surface area (Å²) in [5.41, 5.74) is 1.14. The molecule has 2 aromatic carbocycles.